The molecule has 35 heavy (non-hydrogen) atoms. The van der Waals surface area contributed by atoms with E-state index in [2.05, 4.69) is 5.32 Å². The smallest absolute Gasteiger partial charge is 0.336 e. The molecule has 2 aromatic carbocycles. The number of hydrogen-bond donors (Lipinski definition) is 1. The first-order valence-corrected chi connectivity index (χ1v) is 10.7. The highest BCUT2D eigenvalue weighted by molar-refractivity contribution is 6.23. The molecule has 176 valence electrons. The summed E-state index contributed by atoms with van der Waals surface area (Å²) in [6.45, 7) is 1.75. The number of dihydropyridines is 1. The van der Waals surface area contributed by atoms with E-state index in [4.69, 9.17) is 13.9 Å². The number of nitrogens with zero attached hydrogens (tertiary/aromatic N) is 1. The van der Waals surface area contributed by atoms with Crippen molar-refractivity contribution in [1.29, 1.82) is 0 Å². The van der Waals surface area contributed by atoms with Gasteiger partial charge in [-0.2, -0.15) is 0 Å². The second kappa shape index (κ2) is 8.28. The Hall–Kier alpha value is -4.66. The molecule has 9 nitrogen and oxygen atoms in total. The molecule has 3 aromatic rings. The molecule has 2 aliphatic rings. The summed E-state index contributed by atoms with van der Waals surface area (Å²) in [7, 11) is 2.69. The van der Waals surface area contributed by atoms with Gasteiger partial charge in [0.15, 0.2) is 5.78 Å². The van der Waals surface area contributed by atoms with E-state index in [0.29, 0.717) is 39.6 Å². The number of hydrogen-bond acceptors (Lipinski definition) is 8. The predicted octanol–water partition coefficient (Wildman–Crippen LogP) is 4.60. The number of nitro benzene ring substituents is 1. The largest absolute Gasteiger partial charge is 0.496 e. The van der Waals surface area contributed by atoms with Gasteiger partial charge < -0.3 is 19.2 Å². The van der Waals surface area contributed by atoms with Crippen molar-refractivity contribution in [2.45, 2.75) is 12.8 Å². The lowest BCUT2D eigenvalue weighted by molar-refractivity contribution is -0.384. The van der Waals surface area contributed by atoms with Crippen molar-refractivity contribution in [2.75, 3.05) is 14.2 Å². The Morgan fingerprint density at radius 3 is 2.49 bits per heavy atom. The zero-order valence-electron chi connectivity index (χ0n) is 19.1. The third-order valence-electron chi connectivity index (χ3n) is 6.23. The molecule has 2 heterocycles. The van der Waals surface area contributed by atoms with Crippen LogP contribution in [0.25, 0.3) is 17.0 Å². The van der Waals surface area contributed by atoms with Crippen LogP contribution in [0.1, 0.15) is 34.5 Å². The van der Waals surface area contributed by atoms with Gasteiger partial charge in [0.25, 0.3) is 5.69 Å². The maximum absolute atomic E-state index is 13.5. The van der Waals surface area contributed by atoms with Crippen molar-refractivity contribution in [3.8, 4) is 17.1 Å². The lowest BCUT2D eigenvalue weighted by Crippen LogP contribution is -2.28. The van der Waals surface area contributed by atoms with Crippen LogP contribution in [0.5, 0.6) is 5.75 Å². The molecule has 1 unspecified atom stereocenters. The third kappa shape index (κ3) is 3.40. The van der Waals surface area contributed by atoms with E-state index >= 15 is 0 Å². The van der Waals surface area contributed by atoms with Crippen LogP contribution in [0.15, 0.2) is 75.9 Å². The molecule has 9 heteroatoms. The molecule has 0 fully saturated rings. The number of methoxy groups -OCH3 is 2. The highest BCUT2D eigenvalue weighted by Crippen LogP contribution is 2.48. The van der Waals surface area contributed by atoms with Gasteiger partial charge in [-0.1, -0.05) is 24.3 Å². The van der Waals surface area contributed by atoms with Gasteiger partial charge in [0.05, 0.1) is 48.0 Å². The van der Waals surface area contributed by atoms with Crippen LogP contribution < -0.4 is 10.1 Å². The second-order valence-electron chi connectivity index (χ2n) is 8.10. The number of benzene rings is 2. The van der Waals surface area contributed by atoms with Crippen molar-refractivity contribution < 1.29 is 28.4 Å². The lowest BCUT2D eigenvalue weighted by Gasteiger charge is -2.27. The summed E-state index contributed by atoms with van der Waals surface area (Å²) < 4.78 is 16.6. The van der Waals surface area contributed by atoms with E-state index < -0.39 is 16.8 Å². The number of ether oxygens (including phenoxy) is 2. The van der Waals surface area contributed by atoms with Crippen molar-refractivity contribution in [3.05, 3.63) is 98.4 Å². The maximum atomic E-state index is 13.5. The number of carbonyl (C=O) groups is 2. The van der Waals surface area contributed by atoms with Gasteiger partial charge in [-0.25, -0.2) is 4.79 Å². The average Bonchev–Trinajstić information content (AvgIpc) is 3.46. The fourth-order valence-corrected chi connectivity index (χ4v) is 4.64. The first kappa shape index (κ1) is 22.1. The Balaban J connectivity index is 1.65. The number of nitro groups is 1. The van der Waals surface area contributed by atoms with Crippen molar-refractivity contribution in [1.82, 2.24) is 5.32 Å². The number of esters is 1. The summed E-state index contributed by atoms with van der Waals surface area (Å²) >= 11 is 0. The molecule has 0 saturated carbocycles. The van der Waals surface area contributed by atoms with Gasteiger partial charge in [-0.15, -0.1) is 0 Å². The zero-order chi connectivity index (χ0) is 24.9. The fraction of sp³-hybridized carbons (Fsp3) is 0.154. The van der Waals surface area contributed by atoms with Gasteiger partial charge in [0.1, 0.15) is 17.3 Å². The predicted molar refractivity (Wildman–Crippen MR) is 126 cm³/mol. The van der Waals surface area contributed by atoms with E-state index in [1.807, 2.05) is 12.1 Å². The van der Waals surface area contributed by atoms with Crippen molar-refractivity contribution in [2.24, 2.45) is 0 Å². The Kier molecular flexibility index (Phi) is 5.24. The van der Waals surface area contributed by atoms with Crippen LogP contribution in [0, 0.1) is 10.1 Å². The molecule has 0 saturated heterocycles. The minimum absolute atomic E-state index is 0.119. The molecule has 1 aliphatic heterocycles. The van der Waals surface area contributed by atoms with E-state index in [1.165, 1.54) is 32.4 Å². The normalized spacial score (nSPS) is 16.5. The first-order chi connectivity index (χ1) is 16.8. The quantitative estimate of drug-likeness (QED) is 0.325. The van der Waals surface area contributed by atoms with E-state index in [1.54, 1.807) is 31.2 Å². The first-order valence-electron chi connectivity index (χ1n) is 10.7. The molecule has 1 aromatic heterocycles. The number of carbonyl (C=O) groups excluding carboxylic acids is 2. The third-order valence-corrected chi connectivity index (χ3v) is 6.23. The van der Waals surface area contributed by atoms with E-state index in [-0.39, 0.29) is 22.8 Å². The highest BCUT2D eigenvalue weighted by atomic mass is 16.6. The number of Topliss-reactive ketones (excluding diaryl/α,β-unsaturated/α-hetero) is 1. The number of rotatable bonds is 5. The molecule has 0 bridgehead atoms. The summed E-state index contributed by atoms with van der Waals surface area (Å²) in [6.07, 6.45) is 0. The molecule has 0 amide bonds. The Morgan fingerprint density at radius 1 is 1.06 bits per heavy atom. The zero-order valence-corrected chi connectivity index (χ0v) is 19.1. The van der Waals surface area contributed by atoms with E-state index in [9.17, 15) is 19.7 Å². The molecule has 1 atom stereocenters. The Labute approximate surface area is 199 Å². The Morgan fingerprint density at radius 2 is 1.80 bits per heavy atom. The van der Waals surface area contributed by atoms with Gasteiger partial charge in [0, 0.05) is 28.5 Å². The molecule has 5 rings (SSSR count). The summed E-state index contributed by atoms with van der Waals surface area (Å²) in [4.78, 5) is 36.9. The fourth-order valence-electron chi connectivity index (χ4n) is 4.64. The number of fused-ring (bicyclic) bond motifs is 2. The molecule has 0 spiro atoms. The number of allylic oxidation sites excluding steroid dienone is 2. The lowest BCUT2D eigenvalue weighted by atomic mass is 9.83. The number of ketones is 1. The topological polar surface area (TPSA) is 121 Å². The Bertz CT molecular complexity index is 1480. The van der Waals surface area contributed by atoms with Crippen LogP contribution in [0.4, 0.5) is 5.69 Å². The maximum Gasteiger partial charge on any atom is 0.336 e. The average molecular weight is 472 g/mol. The standard InChI is InChI=1S/C26H20N2O7/c1-13-21(26(30)34-3)22(23-24(27-13)15-6-4-5-7-16(15)25(23)29)19-11-10-18(35-19)17-9-8-14(28(31)32)12-20(17)33-2/h4-12,22,27H,1-3H3. The molecule has 1 N–H and O–H groups in total. The van der Waals surface area contributed by atoms with Gasteiger partial charge in [-0.05, 0) is 25.1 Å². The van der Waals surface area contributed by atoms with Crippen LogP contribution in [-0.4, -0.2) is 30.9 Å². The van der Waals surface area contributed by atoms with Crippen molar-refractivity contribution >= 4 is 23.1 Å². The number of furan rings is 1. The van der Waals surface area contributed by atoms with E-state index in [0.717, 1.165) is 5.56 Å². The minimum Gasteiger partial charge on any atom is -0.496 e. The molecule has 0 radical (unpaired) electrons. The van der Waals surface area contributed by atoms with Crippen LogP contribution in [0.2, 0.25) is 0 Å². The molecule has 1 aliphatic carbocycles. The SMILES string of the molecule is COC(=O)C1=C(C)NC2=C(C(=O)c3ccccc32)C1c1ccc(-c2ccc([N+](=O)[O-])cc2OC)o1. The summed E-state index contributed by atoms with van der Waals surface area (Å²) in [6, 6.07) is 14.8. The monoisotopic (exact) mass is 472 g/mol. The van der Waals surface area contributed by atoms with Crippen molar-refractivity contribution in [3.63, 3.8) is 0 Å². The van der Waals surface area contributed by atoms with Gasteiger partial charge >= 0.3 is 5.97 Å². The highest BCUT2D eigenvalue weighted by Gasteiger charge is 2.44. The van der Waals surface area contributed by atoms with Gasteiger partial charge in [-0.3, -0.25) is 14.9 Å². The second-order valence-corrected chi connectivity index (χ2v) is 8.10. The number of non-ortho nitro benzene ring substituents is 1. The molecular weight excluding hydrogens is 452 g/mol. The minimum atomic E-state index is -0.809. The van der Waals surface area contributed by atoms with Crippen LogP contribution in [-0.2, 0) is 9.53 Å². The summed E-state index contributed by atoms with van der Waals surface area (Å²) in [5, 5.41) is 14.4. The van der Waals surface area contributed by atoms with Crippen LogP contribution >= 0.6 is 0 Å². The van der Waals surface area contributed by atoms with Crippen LogP contribution in [0.3, 0.4) is 0 Å². The number of nitrogens with one attached hydrogen (secondary N) is 1. The summed E-state index contributed by atoms with van der Waals surface area (Å²) in [5.74, 6) is -0.604. The summed E-state index contributed by atoms with van der Waals surface area (Å²) in [5.41, 5.74) is 3.52. The molecular formula is C26H20N2O7. The van der Waals surface area contributed by atoms with Gasteiger partial charge in [0.2, 0.25) is 0 Å².